The molecule has 0 aliphatic heterocycles. The summed E-state index contributed by atoms with van der Waals surface area (Å²) in [5.74, 6) is 1.18. The monoisotopic (exact) mass is 418 g/mol. The van der Waals surface area contributed by atoms with E-state index in [1.807, 2.05) is 44.2 Å². The summed E-state index contributed by atoms with van der Waals surface area (Å²) in [6.45, 7) is 6.55. The van der Waals surface area contributed by atoms with E-state index in [1.54, 1.807) is 0 Å². The number of nitrogens with zero attached hydrogens (tertiary/aromatic N) is 1. The number of aryl methyl sites for hydroxylation is 2. The summed E-state index contributed by atoms with van der Waals surface area (Å²) in [5.41, 5.74) is 2.66. The summed E-state index contributed by atoms with van der Waals surface area (Å²) in [7, 11) is 0. The van der Waals surface area contributed by atoms with Crippen molar-refractivity contribution in [2.45, 2.75) is 33.6 Å². The van der Waals surface area contributed by atoms with E-state index >= 15 is 0 Å². The topological polar surface area (TPSA) is 60.5 Å². The molecule has 1 heterocycles. The highest BCUT2D eigenvalue weighted by molar-refractivity contribution is 7.22. The van der Waals surface area contributed by atoms with Crippen LogP contribution in [0.4, 0.5) is 5.13 Å². The number of hydrogen-bond acceptors (Lipinski definition) is 5. The smallest absolute Gasteiger partial charge is 0.264 e. The van der Waals surface area contributed by atoms with Crippen LogP contribution in [-0.2, 0) is 4.79 Å². The summed E-state index contributed by atoms with van der Waals surface area (Å²) in [6, 6.07) is 9.39. The Morgan fingerprint density at radius 3 is 2.61 bits per heavy atom. The molecule has 0 unspecified atom stereocenters. The number of amides is 1. The molecule has 0 bridgehead atoms. The Hall–Kier alpha value is -2.31. The van der Waals surface area contributed by atoms with Crippen LogP contribution in [0.3, 0.4) is 0 Å². The van der Waals surface area contributed by atoms with E-state index in [4.69, 9.17) is 21.1 Å². The first-order chi connectivity index (χ1) is 13.5. The van der Waals surface area contributed by atoms with Gasteiger partial charge in [0.1, 0.15) is 11.5 Å². The van der Waals surface area contributed by atoms with Crippen LogP contribution in [0.25, 0.3) is 10.2 Å². The van der Waals surface area contributed by atoms with Crippen molar-refractivity contribution >= 4 is 44.2 Å². The quantitative estimate of drug-likeness (QED) is 0.472. The first-order valence-corrected chi connectivity index (χ1v) is 10.4. The molecular formula is C21H23ClN2O3S. The lowest BCUT2D eigenvalue weighted by Crippen LogP contribution is -2.20. The fourth-order valence-corrected chi connectivity index (χ4v) is 3.70. The summed E-state index contributed by atoms with van der Waals surface area (Å²) in [6.07, 6.45) is 2.12. The van der Waals surface area contributed by atoms with Crippen LogP contribution >= 0.6 is 22.9 Å². The number of nitrogens with one attached hydrogen (secondary N) is 1. The van der Waals surface area contributed by atoms with Gasteiger partial charge in [-0.3, -0.25) is 10.1 Å². The van der Waals surface area contributed by atoms with Crippen LogP contribution in [0.5, 0.6) is 11.5 Å². The third-order valence-corrected chi connectivity index (χ3v) is 5.68. The number of hydrogen-bond donors (Lipinski definition) is 1. The second kappa shape index (κ2) is 9.26. The average Bonchev–Trinajstić information content (AvgIpc) is 3.06. The number of rotatable bonds is 8. The molecule has 0 saturated carbocycles. The molecule has 0 aliphatic carbocycles. The molecule has 28 heavy (non-hydrogen) atoms. The van der Waals surface area contributed by atoms with Gasteiger partial charge in [-0.15, -0.1) is 0 Å². The van der Waals surface area contributed by atoms with Gasteiger partial charge in [-0.2, -0.15) is 0 Å². The van der Waals surface area contributed by atoms with Crippen LogP contribution in [0.15, 0.2) is 30.3 Å². The number of fused-ring (bicyclic) bond motifs is 1. The minimum Gasteiger partial charge on any atom is -0.494 e. The van der Waals surface area contributed by atoms with E-state index in [-0.39, 0.29) is 12.5 Å². The first-order valence-electron chi connectivity index (χ1n) is 9.19. The number of carbonyl (C=O) groups excluding carboxylic acids is 1. The minimum atomic E-state index is -0.260. The summed E-state index contributed by atoms with van der Waals surface area (Å²) >= 11 is 7.57. The Bertz CT molecular complexity index is 964. The van der Waals surface area contributed by atoms with Gasteiger partial charge in [-0.25, -0.2) is 4.98 Å². The summed E-state index contributed by atoms with van der Waals surface area (Å²) in [4.78, 5) is 16.7. The largest absolute Gasteiger partial charge is 0.494 e. The molecule has 1 aromatic heterocycles. The third kappa shape index (κ3) is 5.14. The zero-order valence-electron chi connectivity index (χ0n) is 16.2. The fraction of sp³-hybridized carbons (Fsp3) is 0.333. The predicted octanol–water partition coefficient (Wildman–Crippen LogP) is 5.76. The molecule has 0 saturated heterocycles. The van der Waals surface area contributed by atoms with Crippen LogP contribution in [0, 0.1) is 13.8 Å². The molecule has 148 valence electrons. The lowest BCUT2D eigenvalue weighted by Gasteiger charge is -2.09. The van der Waals surface area contributed by atoms with Gasteiger partial charge >= 0.3 is 0 Å². The van der Waals surface area contributed by atoms with Crippen molar-refractivity contribution in [3.63, 3.8) is 0 Å². The zero-order valence-corrected chi connectivity index (χ0v) is 17.7. The number of unbranched alkanes of at least 4 members (excludes halogenated alkanes) is 1. The maximum atomic E-state index is 12.2. The Kier molecular flexibility index (Phi) is 6.75. The van der Waals surface area contributed by atoms with Crippen molar-refractivity contribution in [2.75, 3.05) is 18.5 Å². The second-order valence-electron chi connectivity index (χ2n) is 6.56. The van der Waals surface area contributed by atoms with E-state index in [2.05, 4.69) is 17.2 Å². The van der Waals surface area contributed by atoms with Crippen molar-refractivity contribution in [3.8, 4) is 11.5 Å². The minimum absolute atomic E-state index is 0.0954. The summed E-state index contributed by atoms with van der Waals surface area (Å²) in [5, 5.41) is 4.04. The van der Waals surface area contributed by atoms with Crippen LogP contribution in [-0.4, -0.2) is 24.1 Å². The predicted molar refractivity (Wildman–Crippen MR) is 115 cm³/mol. The number of carbonyl (C=O) groups is 1. The lowest BCUT2D eigenvalue weighted by atomic mass is 10.1. The second-order valence-corrected chi connectivity index (χ2v) is 7.97. The lowest BCUT2D eigenvalue weighted by molar-refractivity contribution is -0.118. The zero-order chi connectivity index (χ0) is 20.1. The molecule has 0 fully saturated rings. The highest BCUT2D eigenvalue weighted by atomic mass is 35.5. The summed E-state index contributed by atoms with van der Waals surface area (Å²) < 4.78 is 12.3. The van der Waals surface area contributed by atoms with Gasteiger partial charge in [0.2, 0.25) is 0 Å². The maximum Gasteiger partial charge on any atom is 0.264 e. The Balaban J connectivity index is 1.59. The molecule has 1 amide bonds. The van der Waals surface area contributed by atoms with Crippen LogP contribution < -0.4 is 14.8 Å². The van der Waals surface area contributed by atoms with Crippen molar-refractivity contribution in [1.82, 2.24) is 4.98 Å². The number of ether oxygens (including phenoxy) is 2. The number of thiazole rings is 1. The number of benzene rings is 2. The highest BCUT2D eigenvalue weighted by Gasteiger charge is 2.11. The molecule has 1 N–H and O–H groups in total. The van der Waals surface area contributed by atoms with Crippen molar-refractivity contribution in [2.24, 2.45) is 0 Å². The highest BCUT2D eigenvalue weighted by Crippen LogP contribution is 2.29. The van der Waals surface area contributed by atoms with Crippen molar-refractivity contribution in [1.29, 1.82) is 0 Å². The molecule has 0 radical (unpaired) electrons. The molecule has 0 spiro atoms. The molecule has 0 aliphatic rings. The first kappa shape index (κ1) is 20.4. The van der Waals surface area contributed by atoms with Crippen molar-refractivity contribution < 1.29 is 14.3 Å². The van der Waals surface area contributed by atoms with Gasteiger partial charge in [-0.1, -0.05) is 36.3 Å². The van der Waals surface area contributed by atoms with Gasteiger partial charge in [-0.05, 0) is 61.7 Å². The molecular weight excluding hydrogens is 396 g/mol. The van der Waals surface area contributed by atoms with Gasteiger partial charge in [0.25, 0.3) is 5.91 Å². The van der Waals surface area contributed by atoms with Crippen molar-refractivity contribution in [3.05, 3.63) is 46.5 Å². The van der Waals surface area contributed by atoms with E-state index in [1.165, 1.54) is 11.3 Å². The third-order valence-electron chi connectivity index (χ3n) is 4.15. The number of halogens is 1. The maximum absolute atomic E-state index is 12.2. The molecule has 0 atom stereocenters. The molecule has 2 aromatic carbocycles. The van der Waals surface area contributed by atoms with Gasteiger partial charge in [0, 0.05) is 5.02 Å². The van der Waals surface area contributed by atoms with E-state index < -0.39 is 0 Å². The molecule has 3 aromatic rings. The Labute approximate surface area is 173 Å². The normalized spacial score (nSPS) is 10.9. The number of aromatic nitrogens is 1. The fourth-order valence-electron chi connectivity index (χ4n) is 2.68. The SMILES string of the molecule is CCCCOc1ccc2nc(NC(=O)COc3cc(C)c(Cl)c(C)c3)sc2c1. The van der Waals surface area contributed by atoms with Crippen LogP contribution in [0.2, 0.25) is 5.02 Å². The standard InChI is InChI=1S/C21H23ClN2O3S/c1-4-5-8-26-15-6-7-17-18(11-15)28-21(23-17)24-19(25)12-27-16-9-13(2)20(22)14(3)10-16/h6-7,9-11H,4-5,8,12H2,1-3H3,(H,23,24,25). The van der Waals surface area contributed by atoms with E-state index in [0.29, 0.717) is 22.5 Å². The Morgan fingerprint density at radius 1 is 1.14 bits per heavy atom. The van der Waals surface area contributed by atoms with Gasteiger partial charge in [0.05, 0.1) is 16.8 Å². The molecule has 3 rings (SSSR count). The molecule has 7 heteroatoms. The van der Waals surface area contributed by atoms with E-state index in [9.17, 15) is 4.79 Å². The van der Waals surface area contributed by atoms with Crippen LogP contribution in [0.1, 0.15) is 30.9 Å². The van der Waals surface area contributed by atoms with E-state index in [0.717, 1.165) is 39.9 Å². The molecule has 5 nitrogen and oxygen atoms in total. The Morgan fingerprint density at radius 2 is 1.89 bits per heavy atom. The van der Waals surface area contributed by atoms with Gasteiger partial charge < -0.3 is 9.47 Å². The van der Waals surface area contributed by atoms with Gasteiger partial charge in [0.15, 0.2) is 11.7 Å². The average molecular weight is 419 g/mol. The number of anilines is 1.